The molecule has 0 heterocycles. The summed E-state index contributed by atoms with van der Waals surface area (Å²) < 4.78 is 22.7. The molecule has 0 radical (unpaired) electrons. The molecular weight excluding hydrogens is 527 g/mol. The molecule has 1 atom stereocenters. The average Bonchev–Trinajstić information content (AvgIpc) is 2.79. The molecule has 0 saturated heterocycles. The van der Waals surface area contributed by atoms with E-state index in [-0.39, 0.29) is 11.5 Å². The minimum atomic E-state index is -0.131. The third-order valence-corrected chi connectivity index (χ3v) is 6.19. The second kappa shape index (κ2) is 14.2. The van der Waals surface area contributed by atoms with Gasteiger partial charge in [0.1, 0.15) is 47.2 Å². The lowest BCUT2D eigenvalue weighted by molar-refractivity contribution is 0.0451. The van der Waals surface area contributed by atoms with Gasteiger partial charge in [0, 0.05) is 17.9 Å². The van der Waals surface area contributed by atoms with Gasteiger partial charge in [-0.15, -0.1) is 11.6 Å². The van der Waals surface area contributed by atoms with E-state index in [4.69, 9.17) is 28.9 Å². The van der Waals surface area contributed by atoms with E-state index in [1.54, 1.807) is 0 Å². The monoisotopic (exact) mass is 560 g/mol. The molecule has 6 heteroatoms. The molecule has 2 rings (SSSR count). The maximum Gasteiger partial charge on any atom is 0.127 e. The summed E-state index contributed by atoms with van der Waals surface area (Å²) in [7, 11) is 0. The van der Waals surface area contributed by atoms with Crippen LogP contribution in [0.5, 0.6) is 11.5 Å². The molecule has 0 aliphatic heterocycles. The molecule has 2 aromatic rings. The van der Waals surface area contributed by atoms with Crippen LogP contribution in [-0.2, 0) is 13.2 Å². The maximum absolute atomic E-state index is 5.92. The first-order valence-corrected chi connectivity index (χ1v) is 12.3. The van der Waals surface area contributed by atoms with Crippen molar-refractivity contribution in [2.45, 2.75) is 51.6 Å². The van der Waals surface area contributed by atoms with E-state index in [9.17, 15) is 0 Å². The normalized spacial score (nSPS) is 12.5. The van der Waals surface area contributed by atoms with E-state index in [1.807, 2.05) is 47.3 Å². The average molecular weight is 561 g/mol. The van der Waals surface area contributed by atoms with Gasteiger partial charge in [0.15, 0.2) is 0 Å². The lowest BCUT2D eigenvalue weighted by Gasteiger charge is -2.26. The standard InChI is InChI=1S/C25H34ClIO4/c1-4-5-16-28-18-24(31-27)19-30-23-13-9-21(10-14-23)25(2,3)20-7-11-22(12-8-20)29-17-6-15-26/h7-14,24H,4-6,15-19H2,1-3H3/t24-/m0/s1. The van der Waals surface area contributed by atoms with Crippen molar-refractivity contribution >= 4 is 34.6 Å². The molecule has 0 aromatic heterocycles. The maximum atomic E-state index is 5.92. The predicted octanol–water partition coefficient (Wildman–Crippen LogP) is 6.95. The molecule has 0 bridgehead atoms. The Balaban J connectivity index is 1.91. The first-order chi connectivity index (χ1) is 15.0. The molecule has 0 spiro atoms. The van der Waals surface area contributed by atoms with E-state index in [0.717, 1.165) is 37.4 Å². The SMILES string of the molecule is CCCCOC[C@@H](COc1ccc(C(C)(C)c2ccc(OCCCCl)cc2)cc1)OI. The predicted molar refractivity (Wildman–Crippen MR) is 136 cm³/mol. The van der Waals surface area contributed by atoms with Crippen molar-refractivity contribution < 1.29 is 17.3 Å². The van der Waals surface area contributed by atoms with E-state index in [0.29, 0.717) is 25.7 Å². The Bertz CT molecular complexity index is 734. The molecular formula is C25H34ClIO4. The van der Waals surface area contributed by atoms with Crippen LogP contribution in [0.15, 0.2) is 48.5 Å². The zero-order chi connectivity index (χ0) is 22.5. The number of alkyl halides is 1. The fourth-order valence-electron chi connectivity index (χ4n) is 3.10. The lowest BCUT2D eigenvalue weighted by atomic mass is 9.78. The van der Waals surface area contributed by atoms with Crippen LogP contribution >= 0.6 is 34.6 Å². The van der Waals surface area contributed by atoms with Crippen molar-refractivity contribution in [1.82, 2.24) is 0 Å². The second-order valence-corrected chi connectivity index (χ2v) is 8.90. The van der Waals surface area contributed by atoms with Gasteiger partial charge in [0.2, 0.25) is 0 Å². The number of benzene rings is 2. The Morgan fingerprint density at radius 3 is 1.94 bits per heavy atom. The van der Waals surface area contributed by atoms with Crippen LogP contribution in [0.2, 0.25) is 0 Å². The van der Waals surface area contributed by atoms with Gasteiger partial charge in [-0.3, -0.25) is 0 Å². The first kappa shape index (κ1) is 26.2. The highest BCUT2D eigenvalue weighted by Gasteiger charge is 2.23. The summed E-state index contributed by atoms with van der Waals surface area (Å²) in [6.45, 7) is 9.00. The van der Waals surface area contributed by atoms with Crippen LogP contribution < -0.4 is 9.47 Å². The fraction of sp³-hybridized carbons (Fsp3) is 0.520. The summed E-state index contributed by atoms with van der Waals surface area (Å²) in [6.07, 6.45) is 2.95. The highest BCUT2D eigenvalue weighted by Crippen LogP contribution is 2.33. The molecule has 172 valence electrons. The molecule has 0 saturated carbocycles. The number of hydrogen-bond acceptors (Lipinski definition) is 4. The molecule has 4 nitrogen and oxygen atoms in total. The van der Waals surface area contributed by atoms with E-state index < -0.39 is 0 Å². The third-order valence-electron chi connectivity index (χ3n) is 5.21. The smallest absolute Gasteiger partial charge is 0.127 e. The zero-order valence-electron chi connectivity index (χ0n) is 18.7. The van der Waals surface area contributed by atoms with E-state index >= 15 is 0 Å². The Hall–Kier alpha value is -1.02. The fourth-order valence-corrected chi connectivity index (χ4v) is 3.50. The van der Waals surface area contributed by atoms with Crippen molar-refractivity contribution in [3.05, 3.63) is 59.7 Å². The minimum absolute atomic E-state index is 0.0845. The molecule has 0 amide bonds. The van der Waals surface area contributed by atoms with Crippen LogP contribution in [0.3, 0.4) is 0 Å². The number of hydrogen-bond donors (Lipinski definition) is 0. The Kier molecular flexibility index (Phi) is 12.0. The summed E-state index contributed by atoms with van der Waals surface area (Å²) in [5.74, 6) is 2.32. The van der Waals surface area contributed by atoms with Gasteiger partial charge < -0.3 is 17.3 Å². The van der Waals surface area contributed by atoms with E-state index in [1.165, 1.54) is 11.1 Å². The summed E-state index contributed by atoms with van der Waals surface area (Å²) in [5, 5.41) is 0. The molecule has 31 heavy (non-hydrogen) atoms. The van der Waals surface area contributed by atoms with E-state index in [2.05, 4.69) is 45.0 Å². The molecule has 0 fully saturated rings. The second-order valence-electron chi connectivity index (χ2n) is 8.02. The quantitative estimate of drug-likeness (QED) is 0.134. The van der Waals surface area contributed by atoms with Gasteiger partial charge in [-0.05, 0) is 48.2 Å². The van der Waals surface area contributed by atoms with Crippen molar-refractivity contribution in [3.8, 4) is 11.5 Å². The molecule has 0 aliphatic rings. The molecule has 0 N–H and O–H groups in total. The Labute approximate surface area is 206 Å². The van der Waals surface area contributed by atoms with Gasteiger partial charge in [-0.25, -0.2) is 0 Å². The van der Waals surface area contributed by atoms with Crippen LogP contribution in [-0.4, -0.2) is 38.4 Å². The van der Waals surface area contributed by atoms with Crippen molar-refractivity contribution in [1.29, 1.82) is 0 Å². The van der Waals surface area contributed by atoms with Crippen molar-refractivity contribution in [2.75, 3.05) is 32.3 Å². The van der Waals surface area contributed by atoms with Crippen LogP contribution in [0, 0.1) is 0 Å². The Morgan fingerprint density at radius 1 is 0.839 bits per heavy atom. The zero-order valence-corrected chi connectivity index (χ0v) is 21.7. The Morgan fingerprint density at radius 2 is 1.42 bits per heavy atom. The number of rotatable bonds is 15. The van der Waals surface area contributed by atoms with Crippen molar-refractivity contribution in [3.63, 3.8) is 0 Å². The van der Waals surface area contributed by atoms with Crippen LogP contribution in [0.4, 0.5) is 0 Å². The first-order valence-electron chi connectivity index (χ1n) is 10.9. The van der Waals surface area contributed by atoms with Crippen LogP contribution in [0.1, 0.15) is 51.2 Å². The van der Waals surface area contributed by atoms with Crippen molar-refractivity contribution in [2.24, 2.45) is 0 Å². The topological polar surface area (TPSA) is 36.9 Å². The summed E-state index contributed by atoms with van der Waals surface area (Å²) in [6, 6.07) is 16.6. The lowest BCUT2D eigenvalue weighted by Crippen LogP contribution is -2.24. The van der Waals surface area contributed by atoms with Gasteiger partial charge in [-0.2, -0.15) is 0 Å². The molecule has 0 unspecified atom stereocenters. The molecule has 0 aliphatic carbocycles. The number of ether oxygens (including phenoxy) is 3. The summed E-state index contributed by atoms with van der Waals surface area (Å²) >= 11 is 7.62. The molecule has 2 aromatic carbocycles. The van der Waals surface area contributed by atoms with Gasteiger partial charge in [0.25, 0.3) is 0 Å². The van der Waals surface area contributed by atoms with Gasteiger partial charge >= 0.3 is 0 Å². The number of halogens is 2. The van der Waals surface area contributed by atoms with Crippen LogP contribution in [0.25, 0.3) is 0 Å². The third kappa shape index (κ3) is 8.79. The number of unbranched alkanes of at least 4 members (excludes halogenated alkanes) is 1. The highest BCUT2D eigenvalue weighted by molar-refractivity contribution is 14.1. The largest absolute Gasteiger partial charge is 0.494 e. The highest BCUT2D eigenvalue weighted by atomic mass is 127. The summed E-state index contributed by atoms with van der Waals surface area (Å²) in [4.78, 5) is 0. The van der Waals surface area contributed by atoms with Gasteiger partial charge in [0.05, 0.1) is 13.2 Å². The van der Waals surface area contributed by atoms with Gasteiger partial charge in [-0.1, -0.05) is 51.5 Å². The minimum Gasteiger partial charge on any atom is -0.494 e. The summed E-state index contributed by atoms with van der Waals surface area (Å²) in [5.41, 5.74) is 2.32.